The first-order chi connectivity index (χ1) is 16.7. The normalized spacial score (nSPS) is 31.9. The summed E-state index contributed by atoms with van der Waals surface area (Å²) in [5, 5.41) is 15.9. The van der Waals surface area contributed by atoms with Crippen LogP contribution in [0.2, 0.25) is 0 Å². The molecule has 0 aromatic heterocycles. The molecule has 9 heteroatoms. The van der Waals surface area contributed by atoms with Gasteiger partial charge in [0.05, 0.1) is 35.8 Å². The monoisotopic (exact) mass is 503 g/mol. The van der Waals surface area contributed by atoms with Crippen LogP contribution in [0.4, 0.5) is 5.69 Å². The number of benzene rings is 1. The van der Waals surface area contributed by atoms with Crippen LogP contribution in [0.25, 0.3) is 0 Å². The zero-order chi connectivity index (χ0) is 25.4. The number of amides is 3. The molecule has 3 saturated heterocycles. The topological polar surface area (TPSA) is 108 Å². The zero-order valence-corrected chi connectivity index (χ0v) is 21.8. The molecule has 4 rings (SSSR count). The number of anilines is 1. The standard InChI is InChI=1S/C26H37N3O5S/c1-5-7-14-27-23(32)21-26-13-12-25(4,35-26)19(20(26)24(33)29(21)16(3)15-30)22(31)28-17-8-10-18(11-9-17)34-6-2/h8-11,16,19-21,30H,5-7,12-15H2,1-4H3,(H,27,32)(H,28,31)/t16-,19-,20+,21?,25+,26?/m1/s1. The Labute approximate surface area is 211 Å². The predicted octanol–water partition coefficient (Wildman–Crippen LogP) is 2.80. The summed E-state index contributed by atoms with van der Waals surface area (Å²) in [6.45, 7) is 8.65. The lowest BCUT2D eigenvalue weighted by molar-refractivity contribution is -0.142. The number of hydrogen-bond acceptors (Lipinski definition) is 6. The van der Waals surface area contributed by atoms with Crippen LogP contribution in [0.1, 0.15) is 53.4 Å². The Bertz CT molecular complexity index is 972. The van der Waals surface area contributed by atoms with Crippen LogP contribution < -0.4 is 15.4 Å². The van der Waals surface area contributed by atoms with Gasteiger partial charge in [-0.2, -0.15) is 0 Å². The number of hydrogen-bond donors (Lipinski definition) is 3. The first-order valence-corrected chi connectivity index (χ1v) is 13.5. The smallest absolute Gasteiger partial charge is 0.244 e. The fraction of sp³-hybridized carbons (Fsp3) is 0.654. The summed E-state index contributed by atoms with van der Waals surface area (Å²) in [4.78, 5) is 42.6. The Morgan fingerprint density at radius 2 is 1.94 bits per heavy atom. The molecular formula is C26H37N3O5S. The van der Waals surface area contributed by atoms with Gasteiger partial charge in [-0.1, -0.05) is 13.3 Å². The molecule has 0 radical (unpaired) electrons. The summed E-state index contributed by atoms with van der Waals surface area (Å²) in [6.07, 6.45) is 3.26. The van der Waals surface area contributed by atoms with Crippen molar-refractivity contribution in [2.45, 2.75) is 75.0 Å². The highest BCUT2D eigenvalue weighted by Gasteiger charge is 2.77. The van der Waals surface area contributed by atoms with Gasteiger partial charge in [0.25, 0.3) is 0 Å². The Morgan fingerprint density at radius 1 is 1.23 bits per heavy atom. The molecule has 3 aliphatic rings. The third-order valence-corrected chi connectivity index (χ3v) is 9.73. The molecule has 1 aromatic rings. The van der Waals surface area contributed by atoms with Gasteiger partial charge in [0.2, 0.25) is 17.7 Å². The minimum absolute atomic E-state index is 0.182. The number of nitrogens with one attached hydrogen (secondary N) is 2. The molecule has 3 heterocycles. The zero-order valence-electron chi connectivity index (χ0n) is 21.0. The molecule has 3 N–H and O–H groups in total. The molecular weight excluding hydrogens is 466 g/mol. The summed E-state index contributed by atoms with van der Waals surface area (Å²) in [5.41, 5.74) is 0.642. The van der Waals surface area contributed by atoms with Crippen molar-refractivity contribution in [3.8, 4) is 5.75 Å². The van der Waals surface area contributed by atoms with E-state index in [1.54, 1.807) is 47.9 Å². The van der Waals surface area contributed by atoms with E-state index in [0.29, 0.717) is 25.3 Å². The van der Waals surface area contributed by atoms with Gasteiger partial charge in [-0.25, -0.2) is 0 Å². The SMILES string of the molecule is CCCCNC(=O)C1N([C@H](C)CO)C(=O)[C@@H]2[C@H](C(=O)Nc3ccc(OCC)cc3)[C@]3(C)CCC12S3. The fourth-order valence-electron chi connectivity index (χ4n) is 6.13. The molecule has 3 fully saturated rings. The highest BCUT2D eigenvalue weighted by atomic mass is 32.2. The third kappa shape index (κ3) is 4.31. The number of carbonyl (C=O) groups excluding carboxylic acids is 3. The highest BCUT2D eigenvalue weighted by Crippen LogP contribution is 2.71. The minimum Gasteiger partial charge on any atom is -0.494 e. The van der Waals surface area contributed by atoms with Crippen LogP contribution in [-0.4, -0.2) is 69.1 Å². The molecule has 3 aliphatic heterocycles. The van der Waals surface area contributed by atoms with E-state index in [1.807, 2.05) is 13.8 Å². The number of fused-ring (bicyclic) bond motifs is 1. The van der Waals surface area contributed by atoms with E-state index in [0.717, 1.165) is 25.0 Å². The van der Waals surface area contributed by atoms with E-state index < -0.39 is 33.4 Å². The van der Waals surface area contributed by atoms with Crippen molar-refractivity contribution < 1.29 is 24.2 Å². The summed E-state index contributed by atoms with van der Waals surface area (Å²) in [6, 6.07) is 5.99. The number of nitrogens with zero attached hydrogens (tertiary/aromatic N) is 1. The molecule has 2 unspecified atom stereocenters. The molecule has 3 amide bonds. The van der Waals surface area contributed by atoms with Crippen LogP contribution in [0.15, 0.2) is 24.3 Å². The van der Waals surface area contributed by atoms with Crippen molar-refractivity contribution in [2.75, 3.05) is 25.1 Å². The van der Waals surface area contributed by atoms with Crippen LogP contribution in [0.5, 0.6) is 5.75 Å². The maximum absolute atomic E-state index is 13.9. The summed E-state index contributed by atoms with van der Waals surface area (Å²) in [5.74, 6) is -1.04. The maximum atomic E-state index is 13.9. The number of unbranched alkanes of at least 4 members (excludes halogenated alkanes) is 1. The Morgan fingerprint density at radius 3 is 2.57 bits per heavy atom. The molecule has 1 aromatic carbocycles. The third-order valence-electron chi connectivity index (χ3n) is 7.75. The van der Waals surface area contributed by atoms with Crippen molar-refractivity contribution in [3.05, 3.63) is 24.3 Å². The Hall–Kier alpha value is -2.26. The molecule has 0 saturated carbocycles. The number of aliphatic hydroxyl groups is 1. The molecule has 8 nitrogen and oxygen atoms in total. The maximum Gasteiger partial charge on any atom is 0.244 e. The predicted molar refractivity (Wildman–Crippen MR) is 136 cm³/mol. The van der Waals surface area contributed by atoms with Crippen LogP contribution >= 0.6 is 11.8 Å². The summed E-state index contributed by atoms with van der Waals surface area (Å²) in [7, 11) is 0. The second kappa shape index (κ2) is 10.0. The molecule has 6 atom stereocenters. The van der Waals surface area contributed by atoms with Crippen molar-refractivity contribution in [3.63, 3.8) is 0 Å². The number of aliphatic hydroxyl groups excluding tert-OH is 1. The lowest BCUT2D eigenvalue weighted by Crippen LogP contribution is -2.56. The van der Waals surface area contributed by atoms with Gasteiger partial charge in [0.1, 0.15) is 11.8 Å². The van der Waals surface area contributed by atoms with Gasteiger partial charge in [-0.05, 0) is 64.3 Å². The van der Waals surface area contributed by atoms with Gasteiger partial charge in [-0.15, -0.1) is 11.8 Å². The van der Waals surface area contributed by atoms with Crippen LogP contribution in [0.3, 0.4) is 0 Å². The first-order valence-electron chi connectivity index (χ1n) is 12.7. The van der Waals surface area contributed by atoms with Gasteiger partial charge < -0.3 is 25.4 Å². The summed E-state index contributed by atoms with van der Waals surface area (Å²) >= 11 is 1.63. The van der Waals surface area contributed by atoms with E-state index in [2.05, 4.69) is 17.6 Å². The van der Waals surface area contributed by atoms with Gasteiger partial charge in [-0.3, -0.25) is 14.4 Å². The lowest BCUT2D eigenvalue weighted by atomic mass is 9.66. The fourth-order valence-corrected chi connectivity index (χ4v) is 8.48. The highest BCUT2D eigenvalue weighted by molar-refractivity contribution is 8.02. The molecule has 0 aliphatic carbocycles. The van der Waals surface area contributed by atoms with Crippen LogP contribution in [0, 0.1) is 11.8 Å². The van der Waals surface area contributed by atoms with Gasteiger partial charge in [0.15, 0.2) is 0 Å². The molecule has 192 valence electrons. The van der Waals surface area contributed by atoms with E-state index in [-0.39, 0.29) is 24.3 Å². The van der Waals surface area contributed by atoms with Gasteiger partial charge >= 0.3 is 0 Å². The largest absolute Gasteiger partial charge is 0.494 e. The van der Waals surface area contributed by atoms with Crippen molar-refractivity contribution in [2.24, 2.45) is 11.8 Å². The van der Waals surface area contributed by atoms with Crippen molar-refractivity contribution in [1.29, 1.82) is 0 Å². The average Bonchev–Trinajstić information content (AvgIpc) is 3.41. The Kier molecular flexibility index (Phi) is 7.38. The van der Waals surface area contributed by atoms with Gasteiger partial charge in [0, 0.05) is 17.0 Å². The Balaban J connectivity index is 1.64. The molecule has 1 spiro atoms. The molecule has 2 bridgehead atoms. The number of thioether (sulfide) groups is 1. The van der Waals surface area contributed by atoms with E-state index >= 15 is 0 Å². The second-order valence-corrected chi connectivity index (χ2v) is 12.0. The number of ether oxygens (including phenoxy) is 1. The number of likely N-dealkylation sites (tertiary alicyclic amines) is 1. The van der Waals surface area contributed by atoms with Crippen molar-refractivity contribution in [1.82, 2.24) is 10.2 Å². The first kappa shape index (κ1) is 25.8. The van der Waals surface area contributed by atoms with Crippen LogP contribution in [-0.2, 0) is 14.4 Å². The van der Waals surface area contributed by atoms with E-state index in [4.69, 9.17) is 4.74 Å². The van der Waals surface area contributed by atoms with Crippen molar-refractivity contribution >= 4 is 35.2 Å². The quantitative estimate of drug-likeness (QED) is 0.424. The van der Waals surface area contributed by atoms with E-state index in [1.165, 1.54) is 0 Å². The lowest BCUT2D eigenvalue weighted by Gasteiger charge is -2.36. The minimum atomic E-state index is -0.700. The number of carbonyl (C=O) groups is 3. The summed E-state index contributed by atoms with van der Waals surface area (Å²) < 4.78 is 4.37. The molecule has 35 heavy (non-hydrogen) atoms. The second-order valence-electron chi connectivity index (χ2n) is 10.1. The number of rotatable bonds is 10. The van der Waals surface area contributed by atoms with E-state index in [9.17, 15) is 19.5 Å². The average molecular weight is 504 g/mol.